The first-order valence-corrected chi connectivity index (χ1v) is 11.0. The van der Waals surface area contributed by atoms with Gasteiger partial charge in [0.1, 0.15) is 5.56 Å². The number of amides is 1. The molecule has 0 radical (unpaired) electrons. The van der Waals surface area contributed by atoms with Gasteiger partial charge in [0.25, 0.3) is 11.6 Å². The molecule has 0 saturated carbocycles. The number of rotatable bonds is 8. The number of carbonyl (C=O) groups excluding carboxylic acids is 1. The van der Waals surface area contributed by atoms with Gasteiger partial charge in [-0.2, -0.15) is 0 Å². The van der Waals surface area contributed by atoms with Crippen LogP contribution in [0, 0.1) is 16.0 Å². The van der Waals surface area contributed by atoms with Crippen LogP contribution in [0.5, 0.6) is 11.5 Å². The van der Waals surface area contributed by atoms with Gasteiger partial charge in [0.05, 0.1) is 28.7 Å². The molecular formula is C18H26N2O5S2. The number of phenolic OH excluding ortho intramolecular Hbond substituents is 1. The van der Waals surface area contributed by atoms with Crippen LogP contribution in [0.3, 0.4) is 0 Å². The minimum atomic E-state index is -0.639. The molecule has 150 valence electrons. The normalized spacial score (nSPS) is 19.5. The van der Waals surface area contributed by atoms with Crippen LogP contribution in [0.15, 0.2) is 12.1 Å². The Morgan fingerprint density at radius 1 is 1.41 bits per heavy atom. The zero-order valence-electron chi connectivity index (χ0n) is 16.0. The molecule has 1 N–H and O–H groups in total. The topological polar surface area (TPSA) is 92.9 Å². The van der Waals surface area contributed by atoms with Crippen molar-refractivity contribution in [2.24, 2.45) is 5.92 Å². The van der Waals surface area contributed by atoms with Crippen molar-refractivity contribution in [3.8, 4) is 11.5 Å². The first-order valence-electron chi connectivity index (χ1n) is 8.93. The van der Waals surface area contributed by atoms with Crippen LogP contribution in [0.4, 0.5) is 5.69 Å². The van der Waals surface area contributed by atoms with Gasteiger partial charge in [-0.25, -0.2) is 0 Å². The Morgan fingerprint density at radius 2 is 2.04 bits per heavy atom. The van der Waals surface area contributed by atoms with Gasteiger partial charge in [-0.1, -0.05) is 20.8 Å². The van der Waals surface area contributed by atoms with Crippen molar-refractivity contribution in [2.45, 2.75) is 37.8 Å². The minimum Gasteiger partial charge on any atom is -0.504 e. The van der Waals surface area contributed by atoms with Gasteiger partial charge < -0.3 is 14.7 Å². The van der Waals surface area contributed by atoms with E-state index in [1.807, 2.05) is 23.5 Å². The summed E-state index contributed by atoms with van der Waals surface area (Å²) in [6, 6.07) is 2.27. The van der Waals surface area contributed by atoms with Gasteiger partial charge in [-0.05, 0) is 23.8 Å². The van der Waals surface area contributed by atoms with Gasteiger partial charge >= 0.3 is 0 Å². The van der Waals surface area contributed by atoms with Crippen LogP contribution in [0.25, 0.3) is 0 Å². The van der Waals surface area contributed by atoms with E-state index >= 15 is 0 Å². The largest absolute Gasteiger partial charge is 0.504 e. The monoisotopic (exact) mass is 414 g/mol. The summed E-state index contributed by atoms with van der Waals surface area (Å²) in [4.78, 5) is 25.9. The summed E-state index contributed by atoms with van der Waals surface area (Å²) in [6.07, 6.45) is 0.874. The third-order valence-corrected chi connectivity index (χ3v) is 7.28. The van der Waals surface area contributed by atoms with Crippen LogP contribution in [-0.2, 0) is 0 Å². The second-order valence-electron chi connectivity index (χ2n) is 6.44. The highest BCUT2D eigenvalue weighted by Gasteiger charge is 2.40. The molecule has 1 amide bonds. The summed E-state index contributed by atoms with van der Waals surface area (Å²) in [7, 11) is 1.35. The lowest BCUT2D eigenvalue weighted by molar-refractivity contribution is -0.385. The minimum absolute atomic E-state index is 0.0156. The summed E-state index contributed by atoms with van der Waals surface area (Å²) >= 11 is 3.62. The van der Waals surface area contributed by atoms with E-state index in [1.165, 1.54) is 13.2 Å². The average Bonchev–Trinajstić information content (AvgIpc) is 3.02. The van der Waals surface area contributed by atoms with Crippen LogP contribution in [0.1, 0.15) is 37.6 Å². The van der Waals surface area contributed by atoms with Crippen molar-refractivity contribution in [2.75, 3.05) is 25.2 Å². The molecular weight excluding hydrogens is 388 g/mol. The number of likely N-dealkylation sites (tertiary alicyclic amines) is 1. The SMILES string of the molecule is CCSC(SCC)C1CC(C)CN1C(=O)c1cc(OC)c(O)cc1[N+](=O)[O-]. The quantitative estimate of drug-likeness (QED) is 0.390. The van der Waals surface area contributed by atoms with Crippen molar-refractivity contribution >= 4 is 35.1 Å². The number of carbonyl (C=O) groups is 1. The number of hydrogen-bond acceptors (Lipinski definition) is 7. The van der Waals surface area contributed by atoms with Crippen molar-refractivity contribution in [3.05, 3.63) is 27.8 Å². The lowest BCUT2D eigenvalue weighted by Crippen LogP contribution is -2.41. The molecule has 2 rings (SSSR count). The van der Waals surface area contributed by atoms with Gasteiger partial charge in [0, 0.05) is 12.6 Å². The van der Waals surface area contributed by atoms with E-state index in [9.17, 15) is 20.0 Å². The van der Waals surface area contributed by atoms with Crippen molar-refractivity contribution < 1.29 is 19.6 Å². The number of thioether (sulfide) groups is 2. The maximum absolute atomic E-state index is 13.3. The maximum atomic E-state index is 13.3. The first-order chi connectivity index (χ1) is 12.8. The second-order valence-corrected chi connectivity index (χ2v) is 9.58. The van der Waals surface area contributed by atoms with Crippen LogP contribution >= 0.6 is 23.5 Å². The van der Waals surface area contributed by atoms with E-state index in [2.05, 4.69) is 20.8 Å². The third-order valence-electron chi connectivity index (χ3n) is 4.51. The number of ether oxygens (including phenoxy) is 1. The Kier molecular flexibility index (Phi) is 7.67. The Labute approximate surface area is 168 Å². The molecule has 1 aromatic carbocycles. The molecule has 0 aliphatic carbocycles. The molecule has 1 aliphatic rings. The van der Waals surface area contributed by atoms with E-state index in [1.54, 1.807) is 4.90 Å². The highest BCUT2D eigenvalue weighted by molar-refractivity contribution is 8.17. The third kappa shape index (κ3) is 4.82. The number of methoxy groups -OCH3 is 1. The van der Waals surface area contributed by atoms with Crippen LogP contribution in [-0.4, -0.2) is 56.6 Å². The van der Waals surface area contributed by atoms with E-state index in [4.69, 9.17) is 4.74 Å². The van der Waals surface area contributed by atoms with Gasteiger partial charge in [-0.3, -0.25) is 14.9 Å². The van der Waals surface area contributed by atoms with Crippen LogP contribution in [0.2, 0.25) is 0 Å². The summed E-state index contributed by atoms with van der Waals surface area (Å²) in [5, 5.41) is 21.3. The Bertz CT molecular complexity index is 695. The highest BCUT2D eigenvalue weighted by atomic mass is 32.2. The lowest BCUT2D eigenvalue weighted by atomic mass is 10.1. The predicted molar refractivity (Wildman–Crippen MR) is 110 cm³/mol. The molecule has 1 aromatic rings. The molecule has 1 saturated heterocycles. The first kappa shape index (κ1) is 21.7. The molecule has 1 heterocycles. The Hall–Kier alpha value is -1.61. The van der Waals surface area contributed by atoms with Gasteiger partial charge in [0.2, 0.25) is 0 Å². The number of aromatic hydroxyl groups is 1. The van der Waals surface area contributed by atoms with E-state index in [0.717, 1.165) is 24.0 Å². The zero-order valence-corrected chi connectivity index (χ0v) is 17.6. The highest BCUT2D eigenvalue weighted by Crippen LogP contribution is 2.40. The Morgan fingerprint density at radius 3 is 2.56 bits per heavy atom. The molecule has 9 heteroatoms. The van der Waals surface area contributed by atoms with Gasteiger partial charge in [-0.15, -0.1) is 23.5 Å². The molecule has 2 unspecified atom stereocenters. The van der Waals surface area contributed by atoms with Crippen molar-refractivity contribution in [1.82, 2.24) is 4.90 Å². The molecule has 1 fully saturated rings. The predicted octanol–water partition coefficient (Wildman–Crippen LogP) is 3.99. The van der Waals surface area contributed by atoms with E-state index in [0.29, 0.717) is 12.5 Å². The summed E-state index contributed by atoms with van der Waals surface area (Å²) in [5.74, 6) is 1.53. The average molecular weight is 415 g/mol. The molecule has 0 aromatic heterocycles. The fraction of sp³-hybridized carbons (Fsp3) is 0.611. The standard InChI is InChI=1S/C18H26N2O5S2/c1-5-26-18(27-6-2)14-7-11(3)10-19(14)17(22)12-8-16(25-4)15(21)9-13(12)20(23)24/h8-9,11,14,18,21H,5-7,10H2,1-4H3. The molecule has 0 bridgehead atoms. The number of nitrogens with zero attached hydrogens (tertiary/aromatic N) is 2. The number of nitro benzene ring substituents is 1. The van der Waals surface area contributed by atoms with E-state index < -0.39 is 10.6 Å². The number of nitro groups is 1. The molecule has 27 heavy (non-hydrogen) atoms. The molecule has 7 nitrogen and oxygen atoms in total. The number of phenols is 1. The molecule has 0 spiro atoms. The fourth-order valence-corrected chi connectivity index (χ4v) is 6.19. The lowest BCUT2D eigenvalue weighted by Gasteiger charge is -2.30. The number of benzene rings is 1. The fourth-order valence-electron chi connectivity index (χ4n) is 3.37. The van der Waals surface area contributed by atoms with Crippen LogP contribution < -0.4 is 4.74 Å². The van der Waals surface area contributed by atoms with Gasteiger partial charge in [0.15, 0.2) is 11.5 Å². The number of hydrogen-bond donors (Lipinski definition) is 1. The zero-order chi connectivity index (χ0) is 20.1. The summed E-state index contributed by atoms with van der Waals surface area (Å²) in [6.45, 7) is 6.84. The summed E-state index contributed by atoms with van der Waals surface area (Å²) < 4.78 is 5.28. The van der Waals surface area contributed by atoms with E-state index in [-0.39, 0.29) is 33.6 Å². The van der Waals surface area contributed by atoms with Crippen molar-refractivity contribution in [3.63, 3.8) is 0 Å². The summed E-state index contributed by atoms with van der Waals surface area (Å²) in [5.41, 5.74) is -0.449. The van der Waals surface area contributed by atoms with Crippen molar-refractivity contribution in [1.29, 1.82) is 0 Å². The second kappa shape index (κ2) is 9.54. The maximum Gasteiger partial charge on any atom is 0.286 e. The Balaban J connectivity index is 2.43. The molecule has 1 aliphatic heterocycles. The molecule has 2 atom stereocenters. The smallest absolute Gasteiger partial charge is 0.286 e.